The highest BCUT2D eigenvalue weighted by molar-refractivity contribution is 7.71. The molecule has 0 saturated carbocycles. The number of aromatic nitrogens is 4. The normalized spacial score (nSPS) is 10.7. The van der Waals surface area contributed by atoms with E-state index < -0.39 is 0 Å². The molecule has 2 N–H and O–H groups in total. The number of fused-ring (bicyclic) bond motifs is 1. The molecule has 3 aromatic rings. The van der Waals surface area contributed by atoms with Crippen LogP contribution in [0.3, 0.4) is 0 Å². The Morgan fingerprint density at radius 3 is 2.72 bits per heavy atom. The largest absolute Gasteiger partial charge is 0.330 e. The summed E-state index contributed by atoms with van der Waals surface area (Å²) in [6.07, 6.45) is 1.32. The van der Waals surface area contributed by atoms with Gasteiger partial charge in [-0.1, -0.05) is 30.3 Å². The Bertz CT molecular complexity index is 823. The SMILES string of the molecule is O=c1[nH]cnc2nc(=S)[nH]c(-c3ccccc3)c12. The Morgan fingerprint density at radius 1 is 1.17 bits per heavy atom. The number of hydrogen-bond donors (Lipinski definition) is 2. The van der Waals surface area contributed by atoms with Crippen LogP contribution in [0.25, 0.3) is 22.3 Å². The van der Waals surface area contributed by atoms with Crippen LogP contribution in [0.4, 0.5) is 0 Å². The van der Waals surface area contributed by atoms with E-state index >= 15 is 0 Å². The summed E-state index contributed by atoms with van der Waals surface area (Å²) in [4.78, 5) is 25.5. The molecule has 0 saturated heterocycles. The minimum atomic E-state index is -0.238. The maximum atomic E-state index is 11.9. The summed E-state index contributed by atoms with van der Waals surface area (Å²) in [7, 11) is 0. The van der Waals surface area contributed by atoms with Gasteiger partial charge in [-0.05, 0) is 17.8 Å². The Morgan fingerprint density at radius 2 is 1.94 bits per heavy atom. The Hall–Kier alpha value is -2.34. The average molecular weight is 256 g/mol. The molecular weight excluding hydrogens is 248 g/mol. The van der Waals surface area contributed by atoms with Crippen molar-refractivity contribution in [3.8, 4) is 11.3 Å². The van der Waals surface area contributed by atoms with Gasteiger partial charge >= 0.3 is 0 Å². The van der Waals surface area contributed by atoms with E-state index in [0.717, 1.165) is 5.56 Å². The third-order valence-electron chi connectivity index (χ3n) is 2.58. The van der Waals surface area contributed by atoms with Crippen LogP contribution >= 0.6 is 12.2 Å². The van der Waals surface area contributed by atoms with E-state index in [2.05, 4.69) is 19.9 Å². The summed E-state index contributed by atoms with van der Waals surface area (Å²) in [5.41, 5.74) is 1.62. The molecule has 2 aromatic heterocycles. The van der Waals surface area contributed by atoms with E-state index in [1.54, 1.807) is 0 Å². The maximum Gasteiger partial charge on any atom is 0.262 e. The van der Waals surface area contributed by atoms with Gasteiger partial charge in [0.25, 0.3) is 5.56 Å². The summed E-state index contributed by atoms with van der Waals surface area (Å²) in [6.45, 7) is 0. The first-order chi connectivity index (χ1) is 8.75. The molecule has 3 rings (SSSR count). The highest BCUT2D eigenvalue weighted by atomic mass is 32.1. The molecule has 1 aromatic carbocycles. The van der Waals surface area contributed by atoms with Crippen molar-refractivity contribution in [2.45, 2.75) is 0 Å². The first kappa shape index (κ1) is 10.8. The van der Waals surface area contributed by atoms with Gasteiger partial charge in [0, 0.05) is 0 Å². The van der Waals surface area contributed by atoms with Crippen molar-refractivity contribution in [1.82, 2.24) is 19.9 Å². The third-order valence-corrected chi connectivity index (χ3v) is 2.78. The van der Waals surface area contributed by atoms with E-state index in [1.807, 2.05) is 30.3 Å². The summed E-state index contributed by atoms with van der Waals surface area (Å²) < 4.78 is 0.305. The highest BCUT2D eigenvalue weighted by Crippen LogP contribution is 2.21. The summed E-state index contributed by atoms with van der Waals surface area (Å²) >= 11 is 5.05. The smallest absolute Gasteiger partial charge is 0.262 e. The van der Waals surface area contributed by atoms with E-state index in [0.29, 0.717) is 21.5 Å². The first-order valence-corrected chi connectivity index (χ1v) is 5.69. The molecule has 0 aliphatic heterocycles. The summed E-state index contributed by atoms with van der Waals surface area (Å²) in [5.74, 6) is 0. The van der Waals surface area contributed by atoms with Gasteiger partial charge in [0.1, 0.15) is 5.39 Å². The molecule has 18 heavy (non-hydrogen) atoms. The predicted octanol–water partition coefficient (Wildman–Crippen LogP) is 2.04. The third kappa shape index (κ3) is 1.72. The van der Waals surface area contributed by atoms with Gasteiger partial charge in [-0.25, -0.2) is 4.98 Å². The molecule has 0 radical (unpaired) electrons. The Labute approximate surface area is 107 Å². The highest BCUT2D eigenvalue weighted by Gasteiger charge is 2.09. The predicted molar refractivity (Wildman–Crippen MR) is 70.8 cm³/mol. The Balaban J connectivity index is 2.49. The first-order valence-electron chi connectivity index (χ1n) is 5.29. The van der Waals surface area contributed by atoms with Crippen molar-refractivity contribution in [1.29, 1.82) is 0 Å². The molecule has 2 heterocycles. The minimum Gasteiger partial charge on any atom is -0.330 e. The lowest BCUT2D eigenvalue weighted by Crippen LogP contribution is -2.10. The zero-order chi connectivity index (χ0) is 12.5. The number of nitrogens with one attached hydrogen (secondary N) is 2. The molecule has 0 unspecified atom stereocenters. The van der Waals surface area contributed by atoms with Gasteiger partial charge in [-0.15, -0.1) is 0 Å². The molecule has 5 nitrogen and oxygen atoms in total. The molecule has 0 aliphatic carbocycles. The van der Waals surface area contributed by atoms with Gasteiger partial charge in [-0.2, -0.15) is 4.98 Å². The van der Waals surface area contributed by atoms with Gasteiger partial charge in [0.15, 0.2) is 10.4 Å². The molecule has 0 fully saturated rings. The fraction of sp³-hybridized carbons (Fsp3) is 0. The van der Waals surface area contributed by atoms with Crippen molar-refractivity contribution in [3.05, 3.63) is 51.8 Å². The number of aromatic amines is 2. The van der Waals surface area contributed by atoms with E-state index in [1.165, 1.54) is 6.33 Å². The molecule has 0 atom stereocenters. The van der Waals surface area contributed by atoms with E-state index in [9.17, 15) is 4.79 Å². The van der Waals surface area contributed by atoms with Crippen molar-refractivity contribution < 1.29 is 0 Å². The summed E-state index contributed by atoms with van der Waals surface area (Å²) in [5, 5.41) is 0.414. The maximum absolute atomic E-state index is 11.9. The quantitative estimate of drug-likeness (QED) is 0.653. The second kappa shape index (κ2) is 4.15. The molecule has 0 amide bonds. The number of rotatable bonds is 1. The average Bonchev–Trinajstić information content (AvgIpc) is 2.39. The van der Waals surface area contributed by atoms with Gasteiger partial charge in [0.05, 0.1) is 12.0 Å². The van der Waals surface area contributed by atoms with Crippen LogP contribution < -0.4 is 5.56 Å². The standard InChI is InChI=1S/C12H8N4OS/c17-11-8-9(7-4-2-1-3-5-7)15-12(18)16-10(8)13-6-14-11/h1-6H,(H2,13,14,15,16,17,18). The van der Waals surface area contributed by atoms with Gasteiger partial charge in [-0.3, -0.25) is 4.79 Å². The number of hydrogen-bond acceptors (Lipinski definition) is 4. The van der Waals surface area contributed by atoms with Crippen LogP contribution in [0, 0.1) is 4.77 Å². The van der Waals surface area contributed by atoms with Crippen LogP contribution in [-0.4, -0.2) is 19.9 Å². The fourth-order valence-corrected chi connectivity index (χ4v) is 2.00. The van der Waals surface area contributed by atoms with Crippen LogP contribution in [-0.2, 0) is 0 Å². The molecule has 6 heteroatoms. The number of H-pyrrole nitrogens is 2. The van der Waals surface area contributed by atoms with Gasteiger partial charge in [0.2, 0.25) is 0 Å². The molecule has 0 aliphatic rings. The van der Waals surface area contributed by atoms with Crippen LogP contribution in [0.5, 0.6) is 0 Å². The van der Waals surface area contributed by atoms with Crippen molar-refractivity contribution in [2.75, 3.05) is 0 Å². The molecule has 88 valence electrons. The summed E-state index contributed by atoms with van der Waals surface area (Å²) in [6, 6.07) is 9.48. The zero-order valence-corrected chi connectivity index (χ0v) is 9.99. The molecular formula is C12H8N4OS. The van der Waals surface area contributed by atoms with Crippen molar-refractivity contribution >= 4 is 23.3 Å². The number of benzene rings is 1. The minimum absolute atomic E-state index is 0.238. The Kier molecular flexibility index (Phi) is 2.49. The lowest BCUT2D eigenvalue weighted by atomic mass is 10.1. The van der Waals surface area contributed by atoms with Crippen molar-refractivity contribution in [3.63, 3.8) is 0 Å². The second-order valence-electron chi connectivity index (χ2n) is 3.71. The lowest BCUT2D eigenvalue weighted by Gasteiger charge is -2.04. The monoisotopic (exact) mass is 256 g/mol. The van der Waals surface area contributed by atoms with Crippen LogP contribution in [0.15, 0.2) is 41.5 Å². The topological polar surface area (TPSA) is 74.4 Å². The van der Waals surface area contributed by atoms with Crippen LogP contribution in [0.2, 0.25) is 0 Å². The number of nitrogens with zero attached hydrogens (tertiary/aromatic N) is 2. The van der Waals surface area contributed by atoms with E-state index in [4.69, 9.17) is 12.2 Å². The molecule has 0 bridgehead atoms. The van der Waals surface area contributed by atoms with Crippen LogP contribution in [0.1, 0.15) is 0 Å². The fourth-order valence-electron chi connectivity index (χ4n) is 1.82. The zero-order valence-electron chi connectivity index (χ0n) is 9.18. The van der Waals surface area contributed by atoms with Gasteiger partial charge < -0.3 is 9.97 Å². The van der Waals surface area contributed by atoms with Crippen molar-refractivity contribution in [2.24, 2.45) is 0 Å². The van der Waals surface area contributed by atoms with E-state index in [-0.39, 0.29) is 5.56 Å². The molecule has 0 spiro atoms. The second-order valence-corrected chi connectivity index (χ2v) is 4.10. The lowest BCUT2D eigenvalue weighted by molar-refractivity contribution is 1.10.